The first-order valence-electron chi connectivity index (χ1n) is 7.09. The fourth-order valence-corrected chi connectivity index (χ4v) is 2.04. The maximum atomic E-state index is 10.5. The molecule has 0 amide bonds. The van der Waals surface area contributed by atoms with E-state index < -0.39 is 11.9 Å². The number of aromatic carboxylic acids is 2. The summed E-state index contributed by atoms with van der Waals surface area (Å²) in [4.78, 5) is 25.0. The predicted octanol–water partition coefficient (Wildman–Crippen LogP) is 3.26. The van der Waals surface area contributed by atoms with Crippen LogP contribution in [0.2, 0.25) is 0 Å². The lowest BCUT2D eigenvalue weighted by Gasteiger charge is -1.99. The van der Waals surface area contributed by atoms with Gasteiger partial charge in [0.25, 0.3) is 0 Å². The second-order valence-corrected chi connectivity index (χ2v) is 5.00. The van der Waals surface area contributed by atoms with Crippen LogP contribution in [0.3, 0.4) is 0 Å². The quantitative estimate of drug-likeness (QED) is 0.771. The molecule has 6 nitrogen and oxygen atoms in total. The summed E-state index contributed by atoms with van der Waals surface area (Å²) in [5.74, 6) is -2.24. The van der Waals surface area contributed by atoms with Gasteiger partial charge in [0.2, 0.25) is 0 Å². The van der Waals surface area contributed by atoms with Crippen LogP contribution < -0.4 is 0 Å². The Bertz CT molecular complexity index is 795. The van der Waals surface area contributed by atoms with Crippen molar-refractivity contribution >= 4 is 11.9 Å². The van der Waals surface area contributed by atoms with E-state index in [0.717, 1.165) is 11.8 Å². The smallest absolute Gasteiger partial charge is 0.335 e. The first-order valence-corrected chi connectivity index (χ1v) is 7.09. The Morgan fingerprint density at radius 3 is 2.00 bits per heavy atom. The van der Waals surface area contributed by atoms with Gasteiger partial charge in [0.05, 0.1) is 17.5 Å². The van der Waals surface area contributed by atoms with Crippen molar-refractivity contribution in [3.63, 3.8) is 0 Å². The van der Waals surface area contributed by atoms with Gasteiger partial charge in [-0.3, -0.25) is 0 Å². The summed E-state index contributed by atoms with van der Waals surface area (Å²) in [5, 5.41) is 17.2. The molecule has 6 heteroatoms. The zero-order valence-electron chi connectivity index (χ0n) is 13.0. The number of aryl methyl sites for hydroxylation is 1. The third kappa shape index (κ3) is 4.54. The van der Waals surface area contributed by atoms with Crippen LogP contribution in [0.25, 0.3) is 5.69 Å². The molecule has 3 aromatic rings. The second kappa shape index (κ2) is 7.73. The van der Waals surface area contributed by atoms with Gasteiger partial charge >= 0.3 is 11.9 Å². The molecule has 0 saturated carbocycles. The number of hydrogen-bond donors (Lipinski definition) is 2. The zero-order valence-corrected chi connectivity index (χ0v) is 13.0. The Kier molecular flexibility index (Phi) is 5.46. The molecule has 0 aliphatic carbocycles. The number of hydrogen-bond acceptors (Lipinski definition) is 3. The van der Waals surface area contributed by atoms with E-state index in [-0.39, 0.29) is 11.1 Å². The summed E-state index contributed by atoms with van der Waals surface area (Å²) in [6, 6.07) is 14.1. The van der Waals surface area contributed by atoms with Crippen LogP contribution in [-0.2, 0) is 0 Å². The van der Waals surface area contributed by atoms with Gasteiger partial charge in [-0.1, -0.05) is 18.2 Å². The normalized spacial score (nSPS) is 9.71. The number of nitrogens with zero attached hydrogens (tertiary/aromatic N) is 2. The van der Waals surface area contributed by atoms with Gasteiger partial charge in [0, 0.05) is 18.1 Å². The van der Waals surface area contributed by atoms with Gasteiger partial charge in [-0.05, 0) is 42.8 Å². The minimum atomic E-state index is -1.12. The molecule has 0 aliphatic heterocycles. The Morgan fingerprint density at radius 1 is 0.958 bits per heavy atom. The number of carboxylic acids is 2. The molecular weight excluding hydrogens is 308 g/mol. The van der Waals surface area contributed by atoms with E-state index in [1.165, 1.54) is 12.1 Å². The summed E-state index contributed by atoms with van der Waals surface area (Å²) >= 11 is 0. The minimum Gasteiger partial charge on any atom is -0.478 e. The van der Waals surface area contributed by atoms with E-state index >= 15 is 0 Å². The Labute approximate surface area is 138 Å². The molecule has 0 unspecified atom stereocenters. The SMILES string of the molecule is Cc1cc(C(=O)O)cc(C(=O)O)c1.c1ccc(-n2ccnc2)cc1. The molecule has 122 valence electrons. The molecule has 0 radical (unpaired) electrons. The van der Waals surface area contributed by atoms with Crippen molar-refractivity contribution in [1.29, 1.82) is 0 Å². The van der Waals surface area contributed by atoms with Gasteiger partial charge in [0.1, 0.15) is 0 Å². The summed E-state index contributed by atoms with van der Waals surface area (Å²) in [6.07, 6.45) is 5.48. The fraction of sp³-hybridized carbons (Fsp3) is 0.0556. The van der Waals surface area contributed by atoms with Crippen molar-refractivity contribution in [2.75, 3.05) is 0 Å². The number of imidazole rings is 1. The van der Waals surface area contributed by atoms with Gasteiger partial charge < -0.3 is 14.8 Å². The van der Waals surface area contributed by atoms with E-state index in [1.54, 1.807) is 19.4 Å². The van der Waals surface area contributed by atoms with Gasteiger partial charge in [-0.15, -0.1) is 0 Å². The van der Waals surface area contributed by atoms with Gasteiger partial charge in [-0.25, -0.2) is 14.6 Å². The molecule has 0 saturated heterocycles. The average molecular weight is 324 g/mol. The highest BCUT2D eigenvalue weighted by atomic mass is 16.4. The molecule has 24 heavy (non-hydrogen) atoms. The van der Waals surface area contributed by atoms with Gasteiger partial charge in [0.15, 0.2) is 0 Å². The van der Waals surface area contributed by atoms with E-state index in [9.17, 15) is 9.59 Å². The highest BCUT2D eigenvalue weighted by Gasteiger charge is 2.09. The summed E-state index contributed by atoms with van der Waals surface area (Å²) in [6.45, 7) is 1.65. The standard InChI is InChI=1S/C9H8N2.C9H8O4/c1-2-4-9(5-3-1)11-7-6-10-8-11;1-5-2-6(8(10)11)4-7(3-5)9(12)13/h1-8H;2-4H,1H3,(H,10,11)(H,12,13). The monoisotopic (exact) mass is 324 g/mol. The molecule has 3 rings (SSSR count). The number of rotatable bonds is 3. The fourth-order valence-electron chi connectivity index (χ4n) is 2.04. The Hall–Kier alpha value is -3.41. The molecule has 1 heterocycles. The zero-order chi connectivity index (χ0) is 17.5. The van der Waals surface area contributed by atoms with E-state index in [2.05, 4.69) is 4.98 Å². The number of aromatic nitrogens is 2. The van der Waals surface area contributed by atoms with Crippen molar-refractivity contribution in [2.24, 2.45) is 0 Å². The highest BCUT2D eigenvalue weighted by molar-refractivity contribution is 5.94. The van der Waals surface area contributed by atoms with Crippen LogP contribution in [0.15, 0.2) is 67.3 Å². The molecule has 0 fully saturated rings. The number of carbonyl (C=O) groups is 2. The summed E-state index contributed by atoms with van der Waals surface area (Å²) < 4.78 is 1.97. The first-order chi connectivity index (χ1) is 11.5. The van der Waals surface area contributed by atoms with Crippen LogP contribution in [0.5, 0.6) is 0 Å². The number of carboxylic acid groups (broad SMARTS) is 2. The van der Waals surface area contributed by atoms with E-state index in [4.69, 9.17) is 10.2 Å². The molecule has 0 bridgehead atoms. The maximum Gasteiger partial charge on any atom is 0.335 e. The van der Waals surface area contributed by atoms with E-state index in [1.807, 2.05) is 41.1 Å². The lowest BCUT2D eigenvalue weighted by Crippen LogP contribution is -2.02. The third-order valence-electron chi connectivity index (χ3n) is 3.13. The maximum absolute atomic E-state index is 10.5. The molecule has 0 aliphatic rings. The third-order valence-corrected chi connectivity index (χ3v) is 3.13. The van der Waals surface area contributed by atoms with Crippen molar-refractivity contribution in [3.05, 3.63) is 83.9 Å². The van der Waals surface area contributed by atoms with Crippen molar-refractivity contribution in [2.45, 2.75) is 6.92 Å². The van der Waals surface area contributed by atoms with Crippen LogP contribution in [0.1, 0.15) is 26.3 Å². The summed E-state index contributed by atoms with van der Waals surface area (Å²) in [7, 11) is 0. The molecule has 0 atom stereocenters. The van der Waals surface area contributed by atoms with Gasteiger partial charge in [-0.2, -0.15) is 0 Å². The first kappa shape index (κ1) is 17.0. The Balaban J connectivity index is 0.000000175. The molecule has 2 aromatic carbocycles. The van der Waals surface area contributed by atoms with Crippen LogP contribution in [-0.4, -0.2) is 31.7 Å². The second-order valence-electron chi connectivity index (χ2n) is 5.00. The summed E-state index contributed by atoms with van der Waals surface area (Å²) in [5.41, 5.74) is 1.76. The highest BCUT2D eigenvalue weighted by Crippen LogP contribution is 2.09. The lowest BCUT2D eigenvalue weighted by molar-refractivity contribution is 0.0696. The topological polar surface area (TPSA) is 92.4 Å². The van der Waals surface area contributed by atoms with E-state index in [0.29, 0.717) is 5.56 Å². The van der Waals surface area contributed by atoms with Crippen molar-refractivity contribution in [3.8, 4) is 5.69 Å². The number of benzene rings is 2. The largest absolute Gasteiger partial charge is 0.478 e. The van der Waals surface area contributed by atoms with Crippen LogP contribution in [0, 0.1) is 6.92 Å². The molecule has 0 spiro atoms. The lowest BCUT2D eigenvalue weighted by atomic mass is 10.1. The molecule has 1 aromatic heterocycles. The van der Waals surface area contributed by atoms with Crippen LogP contribution >= 0.6 is 0 Å². The molecular formula is C18H16N2O4. The predicted molar refractivity (Wildman–Crippen MR) is 88.7 cm³/mol. The Morgan fingerprint density at radius 2 is 1.54 bits per heavy atom. The minimum absolute atomic E-state index is 0.00241. The molecule has 2 N–H and O–H groups in total. The van der Waals surface area contributed by atoms with Crippen molar-refractivity contribution < 1.29 is 19.8 Å². The average Bonchev–Trinajstić information content (AvgIpc) is 3.10. The van der Waals surface area contributed by atoms with Crippen LogP contribution in [0.4, 0.5) is 0 Å². The van der Waals surface area contributed by atoms with Crippen molar-refractivity contribution in [1.82, 2.24) is 9.55 Å². The number of para-hydroxylation sites is 1.